The van der Waals surface area contributed by atoms with Gasteiger partial charge in [-0.15, -0.1) is 22.7 Å². The quantitative estimate of drug-likeness (QED) is 0.381. The van der Waals surface area contributed by atoms with Gasteiger partial charge in [0.25, 0.3) is 15.9 Å². The van der Waals surface area contributed by atoms with Crippen molar-refractivity contribution in [2.45, 2.75) is 4.90 Å². The first kappa shape index (κ1) is 20.5. The molecule has 0 fully saturated rings. The molecule has 0 aliphatic rings. The average Bonchev–Trinajstić information content (AvgIpc) is 3.40. The van der Waals surface area contributed by atoms with Crippen LogP contribution in [-0.2, 0) is 10.0 Å². The molecular weight excluding hydrogens is 462 g/mol. The number of halogens is 1. The number of sulfonamides is 1. The first-order chi connectivity index (χ1) is 14.4. The lowest BCUT2D eigenvalue weighted by molar-refractivity contribution is 0.102. The van der Waals surface area contributed by atoms with E-state index in [1.54, 1.807) is 29.5 Å². The van der Waals surface area contributed by atoms with Crippen molar-refractivity contribution in [3.8, 4) is 10.6 Å². The number of thiophene rings is 1. The molecule has 0 aliphatic carbocycles. The summed E-state index contributed by atoms with van der Waals surface area (Å²) in [5.41, 5.74) is 1.38. The summed E-state index contributed by atoms with van der Waals surface area (Å²) >= 11 is 8.71. The Labute approximate surface area is 186 Å². The fourth-order valence-corrected chi connectivity index (χ4v) is 5.23. The summed E-state index contributed by atoms with van der Waals surface area (Å²) in [4.78, 5) is 18.1. The Morgan fingerprint density at radius 2 is 1.80 bits per heavy atom. The summed E-state index contributed by atoms with van der Waals surface area (Å²) in [6.45, 7) is 0. The second-order valence-corrected chi connectivity index (χ2v) is 10.0. The van der Waals surface area contributed by atoms with Crippen LogP contribution in [0.5, 0.6) is 0 Å². The van der Waals surface area contributed by atoms with Gasteiger partial charge in [0, 0.05) is 21.7 Å². The van der Waals surface area contributed by atoms with Crippen LogP contribution in [-0.4, -0.2) is 19.3 Å². The second-order valence-electron chi connectivity index (χ2n) is 6.11. The maximum atomic E-state index is 12.6. The molecule has 0 radical (unpaired) electrons. The minimum atomic E-state index is -3.80. The van der Waals surface area contributed by atoms with Crippen LogP contribution in [0.25, 0.3) is 10.6 Å². The van der Waals surface area contributed by atoms with Gasteiger partial charge < -0.3 is 0 Å². The summed E-state index contributed by atoms with van der Waals surface area (Å²) < 4.78 is 27.5. The summed E-state index contributed by atoms with van der Waals surface area (Å²) in [5, 5.41) is 7.49. The number of anilines is 2. The number of carbonyl (C=O) groups is 1. The van der Waals surface area contributed by atoms with Gasteiger partial charge in [0.05, 0.1) is 15.5 Å². The number of benzene rings is 2. The average molecular weight is 476 g/mol. The number of thiazole rings is 1. The normalized spacial score (nSPS) is 11.2. The molecule has 6 nitrogen and oxygen atoms in total. The number of rotatable bonds is 6. The van der Waals surface area contributed by atoms with E-state index in [1.165, 1.54) is 41.7 Å². The van der Waals surface area contributed by atoms with Gasteiger partial charge in [0.1, 0.15) is 0 Å². The van der Waals surface area contributed by atoms with Gasteiger partial charge in [-0.25, -0.2) is 13.4 Å². The molecule has 10 heteroatoms. The predicted molar refractivity (Wildman–Crippen MR) is 122 cm³/mol. The van der Waals surface area contributed by atoms with Crippen molar-refractivity contribution in [3.05, 3.63) is 82.0 Å². The minimum Gasteiger partial charge on any atom is -0.298 e. The van der Waals surface area contributed by atoms with Crippen LogP contribution in [0.2, 0.25) is 5.02 Å². The molecule has 0 aliphatic heterocycles. The minimum absolute atomic E-state index is 0.0747. The van der Waals surface area contributed by atoms with Gasteiger partial charge >= 0.3 is 0 Å². The zero-order valence-electron chi connectivity index (χ0n) is 15.2. The van der Waals surface area contributed by atoms with E-state index in [-0.39, 0.29) is 16.5 Å². The molecule has 4 rings (SSSR count). The van der Waals surface area contributed by atoms with E-state index < -0.39 is 10.0 Å². The third-order valence-corrected chi connectivity index (χ3v) is 7.30. The standard InChI is InChI=1S/C20H14ClN3O3S3/c21-14-6-8-16(9-7-14)30(26,27)24-15-4-1-3-13(11-15)19(25)23-20-22-17(12-29-20)18-5-2-10-28-18/h1-12,24H,(H,22,23,25). The topological polar surface area (TPSA) is 88.2 Å². The van der Waals surface area contributed by atoms with Crippen molar-refractivity contribution in [2.24, 2.45) is 0 Å². The first-order valence-electron chi connectivity index (χ1n) is 8.60. The van der Waals surface area contributed by atoms with Crippen LogP contribution in [0.3, 0.4) is 0 Å². The fraction of sp³-hybridized carbons (Fsp3) is 0. The van der Waals surface area contributed by atoms with Crippen LogP contribution in [0.15, 0.2) is 76.3 Å². The Hall–Kier alpha value is -2.72. The van der Waals surface area contributed by atoms with Gasteiger partial charge in [-0.1, -0.05) is 23.7 Å². The van der Waals surface area contributed by atoms with Crippen LogP contribution in [0.1, 0.15) is 10.4 Å². The van der Waals surface area contributed by atoms with Crippen molar-refractivity contribution < 1.29 is 13.2 Å². The van der Waals surface area contributed by atoms with Crippen molar-refractivity contribution in [1.29, 1.82) is 0 Å². The van der Waals surface area contributed by atoms with Gasteiger partial charge in [-0.2, -0.15) is 0 Å². The van der Waals surface area contributed by atoms with Crippen molar-refractivity contribution in [3.63, 3.8) is 0 Å². The molecule has 0 unspecified atom stereocenters. The van der Waals surface area contributed by atoms with Crippen molar-refractivity contribution in [1.82, 2.24) is 4.98 Å². The van der Waals surface area contributed by atoms with Crippen LogP contribution >= 0.6 is 34.3 Å². The molecule has 1 amide bonds. The Morgan fingerprint density at radius 1 is 1.00 bits per heavy atom. The number of amides is 1. The Morgan fingerprint density at radius 3 is 2.53 bits per heavy atom. The molecule has 4 aromatic rings. The highest BCUT2D eigenvalue weighted by atomic mass is 35.5. The van der Waals surface area contributed by atoms with E-state index >= 15 is 0 Å². The molecule has 0 atom stereocenters. The van der Waals surface area contributed by atoms with E-state index in [0.717, 1.165) is 10.6 Å². The number of carbonyl (C=O) groups excluding carboxylic acids is 1. The van der Waals surface area contributed by atoms with Gasteiger partial charge in [0.15, 0.2) is 5.13 Å². The van der Waals surface area contributed by atoms with E-state index in [4.69, 9.17) is 11.6 Å². The first-order valence-corrected chi connectivity index (χ1v) is 12.2. The van der Waals surface area contributed by atoms with Crippen molar-refractivity contribution in [2.75, 3.05) is 10.0 Å². The van der Waals surface area contributed by atoms with Crippen LogP contribution in [0, 0.1) is 0 Å². The summed E-state index contributed by atoms with van der Waals surface area (Å²) in [6.07, 6.45) is 0. The fourth-order valence-electron chi connectivity index (χ4n) is 2.59. The largest absolute Gasteiger partial charge is 0.298 e. The molecule has 2 N–H and O–H groups in total. The molecule has 0 saturated heterocycles. The predicted octanol–water partition coefficient (Wildman–Crippen LogP) is 5.58. The highest BCUT2D eigenvalue weighted by Crippen LogP contribution is 2.28. The molecule has 2 heterocycles. The monoisotopic (exact) mass is 475 g/mol. The maximum Gasteiger partial charge on any atom is 0.261 e. The molecule has 0 bridgehead atoms. The van der Waals surface area contributed by atoms with Crippen LogP contribution in [0.4, 0.5) is 10.8 Å². The number of nitrogens with one attached hydrogen (secondary N) is 2. The van der Waals surface area contributed by atoms with E-state index in [9.17, 15) is 13.2 Å². The maximum absolute atomic E-state index is 12.6. The molecule has 2 aromatic heterocycles. The SMILES string of the molecule is O=C(Nc1nc(-c2cccs2)cs1)c1cccc(NS(=O)(=O)c2ccc(Cl)cc2)c1. The Bertz CT molecular complexity index is 1280. The zero-order valence-corrected chi connectivity index (χ0v) is 18.4. The second kappa shape index (κ2) is 8.57. The van der Waals surface area contributed by atoms with Gasteiger partial charge in [-0.3, -0.25) is 14.8 Å². The Kier molecular flexibility index (Phi) is 5.87. The van der Waals surface area contributed by atoms with E-state index in [2.05, 4.69) is 15.0 Å². The number of hydrogen-bond acceptors (Lipinski definition) is 6. The highest BCUT2D eigenvalue weighted by Gasteiger charge is 2.16. The zero-order chi connectivity index (χ0) is 21.1. The summed E-state index contributed by atoms with van der Waals surface area (Å²) in [7, 11) is -3.80. The van der Waals surface area contributed by atoms with E-state index in [0.29, 0.717) is 15.7 Å². The number of nitrogens with zero attached hydrogens (tertiary/aromatic N) is 1. The van der Waals surface area contributed by atoms with Crippen molar-refractivity contribution >= 4 is 61.0 Å². The third kappa shape index (κ3) is 4.71. The summed E-state index contributed by atoms with van der Waals surface area (Å²) in [6, 6.07) is 16.0. The lowest BCUT2D eigenvalue weighted by atomic mass is 10.2. The molecule has 0 saturated carbocycles. The Balaban J connectivity index is 1.49. The summed E-state index contributed by atoms with van der Waals surface area (Å²) in [5.74, 6) is -0.380. The van der Waals surface area contributed by atoms with Gasteiger partial charge in [-0.05, 0) is 53.9 Å². The lowest BCUT2D eigenvalue weighted by Crippen LogP contribution is -2.15. The molecule has 152 valence electrons. The van der Waals surface area contributed by atoms with Crippen LogP contribution < -0.4 is 10.0 Å². The number of hydrogen-bond donors (Lipinski definition) is 2. The lowest BCUT2D eigenvalue weighted by Gasteiger charge is -2.09. The third-order valence-electron chi connectivity index (χ3n) is 4.00. The molecule has 0 spiro atoms. The molecule has 2 aromatic carbocycles. The molecule has 30 heavy (non-hydrogen) atoms. The highest BCUT2D eigenvalue weighted by molar-refractivity contribution is 7.92. The van der Waals surface area contributed by atoms with Gasteiger partial charge in [0.2, 0.25) is 0 Å². The smallest absolute Gasteiger partial charge is 0.261 e. The molecular formula is C20H14ClN3O3S3. The van der Waals surface area contributed by atoms with E-state index in [1.807, 2.05) is 22.9 Å². The number of aromatic nitrogens is 1.